The van der Waals surface area contributed by atoms with E-state index in [2.05, 4.69) is 10.6 Å². The lowest BCUT2D eigenvalue weighted by atomic mass is 9.99. The summed E-state index contributed by atoms with van der Waals surface area (Å²) < 4.78 is 0. The zero-order chi connectivity index (χ0) is 17.1. The molecule has 1 aliphatic rings. The van der Waals surface area contributed by atoms with E-state index in [0.29, 0.717) is 6.42 Å². The van der Waals surface area contributed by atoms with Gasteiger partial charge in [-0.3, -0.25) is 4.79 Å². The summed E-state index contributed by atoms with van der Waals surface area (Å²) in [7, 11) is 0. The normalized spacial score (nSPS) is 20.0. The molecular formula is C19H20N2O3. The fraction of sp³-hybridized carbons (Fsp3) is 0.263. The predicted molar refractivity (Wildman–Crippen MR) is 90.8 cm³/mol. The molecule has 124 valence electrons. The van der Waals surface area contributed by atoms with Crippen molar-refractivity contribution < 1.29 is 14.7 Å². The number of carbonyl (C=O) groups excluding carboxylic acids is 1. The average Bonchev–Trinajstić information content (AvgIpc) is 2.92. The van der Waals surface area contributed by atoms with E-state index in [-0.39, 0.29) is 17.9 Å². The lowest BCUT2D eigenvalue weighted by molar-refractivity contribution is -0.123. The smallest absolute Gasteiger partial charge is 0.405 e. The molecule has 0 bridgehead atoms. The summed E-state index contributed by atoms with van der Waals surface area (Å²) in [4.78, 5) is 23.7. The molecule has 0 fully saturated rings. The van der Waals surface area contributed by atoms with Gasteiger partial charge in [-0.2, -0.15) is 0 Å². The maximum atomic E-state index is 12.6. The molecule has 0 heterocycles. The molecule has 5 nitrogen and oxygen atoms in total. The third-order valence-corrected chi connectivity index (χ3v) is 4.53. The van der Waals surface area contributed by atoms with Gasteiger partial charge in [-0.05, 0) is 30.0 Å². The summed E-state index contributed by atoms with van der Waals surface area (Å²) in [6.07, 6.45) is -0.471. The number of nitrogens with one attached hydrogen (secondary N) is 2. The van der Waals surface area contributed by atoms with E-state index < -0.39 is 12.1 Å². The van der Waals surface area contributed by atoms with E-state index in [9.17, 15) is 9.59 Å². The number of rotatable bonds is 4. The standard InChI is InChI=1S/C19H20N2O3/c1-12(13-7-3-2-4-8-13)18(22)20-16-11-14-9-5-6-10-15(14)17(16)21-19(23)24/h2-10,12,16-17,21H,11H2,1H3,(H,20,22)(H,23,24)/t12-,16+,17+/m0/s1. The van der Waals surface area contributed by atoms with Gasteiger partial charge in [0.05, 0.1) is 18.0 Å². The molecule has 1 aliphatic carbocycles. The summed E-state index contributed by atoms with van der Waals surface area (Å²) in [5.74, 6) is -0.392. The highest BCUT2D eigenvalue weighted by atomic mass is 16.4. The maximum absolute atomic E-state index is 12.6. The summed E-state index contributed by atoms with van der Waals surface area (Å²) >= 11 is 0. The van der Waals surface area contributed by atoms with Crippen molar-refractivity contribution in [1.29, 1.82) is 0 Å². The number of fused-ring (bicyclic) bond motifs is 1. The molecule has 2 aromatic carbocycles. The summed E-state index contributed by atoms with van der Waals surface area (Å²) in [5, 5.41) is 14.7. The lowest BCUT2D eigenvalue weighted by Gasteiger charge is -2.23. The number of amides is 2. The van der Waals surface area contributed by atoms with E-state index in [0.717, 1.165) is 16.7 Å². The van der Waals surface area contributed by atoms with Crippen LogP contribution in [0.15, 0.2) is 54.6 Å². The van der Waals surface area contributed by atoms with Crippen molar-refractivity contribution in [3.05, 3.63) is 71.3 Å². The van der Waals surface area contributed by atoms with Gasteiger partial charge in [0.2, 0.25) is 5.91 Å². The molecule has 0 radical (unpaired) electrons. The minimum Gasteiger partial charge on any atom is -0.465 e. The van der Waals surface area contributed by atoms with Crippen LogP contribution in [0.25, 0.3) is 0 Å². The zero-order valence-corrected chi connectivity index (χ0v) is 13.4. The van der Waals surface area contributed by atoms with Crippen LogP contribution in [0, 0.1) is 0 Å². The SMILES string of the molecule is C[C@H](C(=O)N[C@@H]1Cc2ccccc2[C@H]1NC(=O)O)c1ccccc1. The summed E-state index contributed by atoms with van der Waals surface area (Å²) in [6.45, 7) is 1.85. The van der Waals surface area contributed by atoms with Crippen LogP contribution >= 0.6 is 0 Å². The first-order chi connectivity index (χ1) is 11.6. The minimum atomic E-state index is -1.09. The largest absolute Gasteiger partial charge is 0.465 e. The zero-order valence-electron chi connectivity index (χ0n) is 13.4. The second kappa shape index (κ2) is 6.74. The molecule has 0 aromatic heterocycles. The van der Waals surface area contributed by atoms with Crippen LogP contribution in [-0.2, 0) is 11.2 Å². The highest BCUT2D eigenvalue weighted by Crippen LogP contribution is 2.31. The Hall–Kier alpha value is -2.82. The van der Waals surface area contributed by atoms with Gasteiger partial charge >= 0.3 is 6.09 Å². The number of carboxylic acid groups (broad SMARTS) is 1. The minimum absolute atomic E-state index is 0.101. The van der Waals surface area contributed by atoms with Gasteiger partial charge in [0.1, 0.15) is 0 Å². The van der Waals surface area contributed by atoms with E-state index in [1.807, 2.05) is 61.5 Å². The molecule has 0 saturated heterocycles. The number of benzene rings is 2. The van der Waals surface area contributed by atoms with Gasteiger partial charge in [-0.25, -0.2) is 4.79 Å². The number of hydrogen-bond donors (Lipinski definition) is 3. The molecule has 3 rings (SSSR count). The lowest BCUT2D eigenvalue weighted by Crippen LogP contribution is -2.45. The number of hydrogen-bond acceptors (Lipinski definition) is 2. The second-order valence-electron chi connectivity index (χ2n) is 6.08. The summed E-state index contributed by atoms with van der Waals surface area (Å²) in [6, 6.07) is 16.5. The van der Waals surface area contributed by atoms with Gasteiger partial charge in [0.25, 0.3) is 0 Å². The molecular weight excluding hydrogens is 304 g/mol. The van der Waals surface area contributed by atoms with Crippen LogP contribution in [0.5, 0.6) is 0 Å². The van der Waals surface area contributed by atoms with Crippen molar-refractivity contribution in [3.63, 3.8) is 0 Å². The van der Waals surface area contributed by atoms with Gasteiger partial charge in [0.15, 0.2) is 0 Å². The number of carbonyl (C=O) groups is 2. The third kappa shape index (κ3) is 3.25. The van der Waals surface area contributed by atoms with Gasteiger partial charge in [-0.1, -0.05) is 54.6 Å². The molecule has 2 aromatic rings. The van der Waals surface area contributed by atoms with Crippen molar-refractivity contribution in [1.82, 2.24) is 10.6 Å². The first kappa shape index (κ1) is 16.1. The van der Waals surface area contributed by atoms with Crippen LogP contribution < -0.4 is 10.6 Å². The van der Waals surface area contributed by atoms with Crippen molar-refractivity contribution in [2.45, 2.75) is 31.3 Å². The predicted octanol–water partition coefficient (Wildman–Crippen LogP) is 2.84. The highest BCUT2D eigenvalue weighted by Gasteiger charge is 2.35. The van der Waals surface area contributed by atoms with Crippen molar-refractivity contribution in [2.24, 2.45) is 0 Å². The molecule has 0 unspecified atom stereocenters. The molecule has 24 heavy (non-hydrogen) atoms. The molecule has 0 saturated carbocycles. The van der Waals surface area contributed by atoms with E-state index in [1.54, 1.807) is 0 Å². The Balaban J connectivity index is 1.76. The molecule has 0 spiro atoms. The maximum Gasteiger partial charge on any atom is 0.405 e. The Kier molecular flexibility index (Phi) is 4.51. The Morgan fingerprint density at radius 3 is 2.42 bits per heavy atom. The van der Waals surface area contributed by atoms with Crippen LogP contribution in [0.1, 0.15) is 35.6 Å². The van der Waals surface area contributed by atoms with Gasteiger partial charge in [0, 0.05) is 0 Å². The first-order valence-corrected chi connectivity index (χ1v) is 7.99. The third-order valence-electron chi connectivity index (χ3n) is 4.53. The molecule has 2 amide bonds. The van der Waals surface area contributed by atoms with E-state index >= 15 is 0 Å². The Morgan fingerprint density at radius 1 is 1.04 bits per heavy atom. The molecule has 5 heteroatoms. The van der Waals surface area contributed by atoms with E-state index in [1.165, 1.54) is 0 Å². The Bertz CT molecular complexity index is 745. The molecule has 0 aliphatic heterocycles. The Labute approximate surface area is 140 Å². The molecule has 3 atom stereocenters. The quantitative estimate of drug-likeness (QED) is 0.809. The molecule has 3 N–H and O–H groups in total. The fourth-order valence-electron chi connectivity index (χ4n) is 3.24. The second-order valence-corrected chi connectivity index (χ2v) is 6.08. The fourth-order valence-corrected chi connectivity index (χ4v) is 3.24. The average molecular weight is 324 g/mol. The van der Waals surface area contributed by atoms with Gasteiger partial charge in [-0.15, -0.1) is 0 Å². The van der Waals surface area contributed by atoms with Crippen LogP contribution in [0.4, 0.5) is 4.79 Å². The first-order valence-electron chi connectivity index (χ1n) is 7.99. The van der Waals surface area contributed by atoms with Crippen LogP contribution in [0.3, 0.4) is 0 Å². The van der Waals surface area contributed by atoms with Gasteiger partial charge < -0.3 is 15.7 Å². The van der Waals surface area contributed by atoms with Crippen LogP contribution in [-0.4, -0.2) is 23.1 Å². The van der Waals surface area contributed by atoms with Crippen molar-refractivity contribution >= 4 is 12.0 Å². The monoisotopic (exact) mass is 324 g/mol. The topological polar surface area (TPSA) is 78.4 Å². The highest BCUT2D eigenvalue weighted by molar-refractivity contribution is 5.83. The summed E-state index contributed by atoms with van der Waals surface area (Å²) in [5.41, 5.74) is 2.93. The van der Waals surface area contributed by atoms with Crippen molar-refractivity contribution in [3.8, 4) is 0 Å². The Morgan fingerprint density at radius 2 is 1.71 bits per heavy atom. The van der Waals surface area contributed by atoms with Crippen LogP contribution in [0.2, 0.25) is 0 Å². The van der Waals surface area contributed by atoms with E-state index in [4.69, 9.17) is 5.11 Å². The van der Waals surface area contributed by atoms with Crippen molar-refractivity contribution in [2.75, 3.05) is 0 Å².